The van der Waals surface area contributed by atoms with E-state index in [9.17, 15) is 4.79 Å². The van der Waals surface area contributed by atoms with Crippen molar-refractivity contribution in [3.8, 4) is 5.75 Å². The Hall–Kier alpha value is -3.21. The summed E-state index contributed by atoms with van der Waals surface area (Å²) in [6.45, 7) is 0. The minimum absolute atomic E-state index is 0.0225. The third-order valence-corrected chi connectivity index (χ3v) is 4.54. The molecule has 2 aromatic carbocycles. The molecule has 1 aliphatic rings. The zero-order valence-electron chi connectivity index (χ0n) is 14.1. The van der Waals surface area contributed by atoms with Gasteiger partial charge in [0.15, 0.2) is 0 Å². The number of aryl methyl sites for hydroxylation is 1. The smallest absolute Gasteiger partial charge is 0.262 e. The molecule has 126 valence electrons. The number of methoxy groups -OCH3 is 1. The zero-order valence-corrected chi connectivity index (χ0v) is 14.1. The van der Waals surface area contributed by atoms with Gasteiger partial charge in [0.25, 0.3) is 5.91 Å². The van der Waals surface area contributed by atoms with Gasteiger partial charge < -0.3 is 14.6 Å². The largest absolute Gasteiger partial charge is 0.497 e. The predicted octanol–water partition coefficient (Wildman–Crippen LogP) is 3.80. The fourth-order valence-electron chi connectivity index (χ4n) is 3.23. The van der Waals surface area contributed by atoms with Gasteiger partial charge in [0.2, 0.25) is 0 Å². The molecule has 1 aliphatic heterocycles. The van der Waals surface area contributed by atoms with E-state index in [4.69, 9.17) is 4.74 Å². The highest BCUT2D eigenvalue weighted by molar-refractivity contribution is 6.12. The molecule has 1 atom stereocenters. The van der Waals surface area contributed by atoms with Crippen molar-refractivity contribution in [2.24, 2.45) is 7.05 Å². The van der Waals surface area contributed by atoms with Crippen LogP contribution in [-0.2, 0) is 7.05 Å². The van der Waals surface area contributed by atoms with Gasteiger partial charge in [-0.3, -0.25) is 9.69 Å². The number of hydrogen-bond donors (Lipinski definition) is 1. The second kappa shape index (κ2) is 6.02. The SMILES string of the molecule is COc1ccc(N2C(=O)c3ccccc3N[C@H]2c2cccn2C)cc1. The third kappa shape index (κ3) is 2.54. The molecule has 25 heavy (non-hydrogen) atoms. The van der Waals surface area contributed by atoms with Crippen molar-refractivity contribution in [2.75, 3.05) is 17.3 Å². The molecule has 0 unspecified atom stereocenters. The van der Waals surface area contributed by atoms with Gasteiger partial charge in [-0.1, -0.05) is 12.1 Å². The van der Waals surface area contributed by atoms with E-state index in [1.807, 2.05) is 78.5 Å². The van der Waals surface area contributed by atoms with Crippen LogP contribution in [0.25, 0.3) is 0 Å². The molecule has 1 amide bonds. The summed E-state index contributed by atoms with van der Waals surface area (Å²) in [4.78, 5) is 15.0. The van der Waals surface area contributed by atoms with Crippen molar-refractivity contribution in [3.05, 3.63) is 78.1 Å². The Morgan fingerprint density at radius 2 is 1.76 bits per heavy atom. The van der Waals surface area contributed by atoms with Gasteiger partial charge in [-0.2, -0.15) is 0 Å². The maximum absolute atomic E-state index is 13.2. The molecule has 1 N–H and O–H groups in total. The van der Waals surface area contributed by atoms with Gasteiger partial charge in [-0.25, -0.2) is 0 Å². The number of aromatic nitrogens is 1. The molecule has 5 nitrogen and oxygen atoms in total. The van der Waals surface area contributed by atoms with Crippen LogP contribution in [0, 0.1) is 0 Å². The molecule has 3 aromatic rings. The second-order valence-corrected chi connectivity index (χ2v) is 6.01. The van der Waals surface area contributed by atoms with Gasteiger partial charge in [-0.05, 0) is 48.5 Å². The van der Waals surface area contributed by atoms with Crippen LogP contribution >= 0.6 is 0 Å². The molecule has 5 heteroatoms. The monoisotopic (exact) mass is 333 g/mol. The van der Waals surface area contributed by atoms with Crippen LogP contribution in [0.4, 0.5) is 11.4 Å². The molecule has 0 bridgehead atoms. The van der Waals surface area contributed by atoms with E-state index < -0.39 is 0 Å². The normalized spacial score (nSPS) is 16.3. The molecule has 0 fully saturated rings. The average Bonchev–Trinajstić information content (AvgIpc) is 3.08. The number of amides is 1. The number of carbonyl (C=O) groups is 1. The zero-order chi connectivity index (χ0) is 17.4. The summed E-state index contributed by atoms with van der Waals surface area (Å²) in [7, 11) is 3.61. The van der Waals surface area contributed by atoms with Crippen molar-refractivity contribution in [3.63, 3.8) is 0 Å². The fourth-order valence-corrected chi connectivity index (χ4v) is 3.23. The first-order valence-electron chi connectivity index (χ1n) is 8.13. The van der Waals surface area contributed by atoms with Crippen LogP contribution in [-0.4, -0.2) is 17.6 Å². The molecular formula is C20H19N3O2. The molecule has 0 radical (unpaired) electrons. The van der Waals surface area contributed by atoms with Gasteiger partial charge in [0.1, 0.15) is 11.9 Å². The maximum atomic E-state index is 13.2. The Balaban J connectivity index is 1.84. The summed E-state index contributed by atoms with van der Waals surface area (Å²) in [6, 6.07) is 19.2. The van der Waals surface area contributed by atoms with Gasteiger partial charge >= 0.3 is 0 Å². The number of para-hydroxylation sites is 1. The number of anilines is 2. The first-order valence-corrected chi connectivity index (χ1v) is 8.13. The molecule has 0 spiro atoms. The van der Waals surface area contributed by atoms with E-state index in [1.54, 1.807) is 12.0 Å². The summed E-state index contributed by atoms with van der Waals surface area (Å²) in [5.41, 5.74) is 3.35. The van der Waals surface area contributed by atoms with Crippen LogP contribution in [0.1, 0.15) is 22.2 Å². The third-order valence-electron chi connectivity index (χ3n) is 4.54. The summed E-state index contributed by atoms with van der Waals surface area (Å²) in [6.07, 6.45) is 1.70. The number of ether oxygens (including phenoxy) is 1. The summed E-state index contributed by atoms with van der Waals surface area (Å²) in [5.74, 6) is 0.739. The number of nitrogens with zero attached hydrogens (tertiary/aromatic N) is 2. The number of hydrogen-bond acceptors (Lipinski definition) is 3. The van der Waals surface area contributed by atoms with E-state index in [0.29, 0.717) is 5.56 Å². The van der Waals surface area contributed by atoms with E-state index in [2.05, 4.69) is 5.32 Å². The Morgan fingerprint density at radius 1 is 1.00 bits per heavy atom. The number of carbonyl (C=O) groups excluding carboxylic acids is 1. The molecule has 0 saturated carbocycles. The van der Waals surface area contributed by atoms with Gasteiger partial charge in [0, 0.05) is 24.6 Å². The number of benzene rings is 2. The first kappa shape index (κ1) is 15.3. The summed E-state index contributed by atoms with van der Waals surface area (Å²) >= 11 is 0. The van der Waals surface area contributed by atoms with Crippen molar-refractivity contribution < 1.29 is 9.53 Å². The maximum Gasteiger partial charge on any atom is 0.262 e. The Bertz CT molecular complexity index is 915. The number of nitrogens with one attached hydrogen (secondary N) is 1. The second-order valence-electron chi connectivity index (χ2n) is 6.01. The highest BCUT2D eigenvalue weighted by Crippen LogP contribution is 2.37. The molecule has 2 heterocycles. The summed E-state index contributed by atoms with van der Waals surface area (Å²) in [5, 5.41) is 3.50. The quantitative estimate of drug-likeness (QED) is 0.793. The Kier molecular flexibility index (Phi) is 3.69. The lowest BCUT2D eigenvalue weighted by molar-refractivity contribution is 0.0974. The van der Waals surface area contributed by atoms with Crippen molar-refractivity contribution in [2.45, 2.75) is 6.17 Å². The number of fused-ring (bicyclic) bond motifs is 1. The van der Waals surface area contributed by atoms with Crippen molar-refractivity contribution in [1.29, 1.82) is 0 Å². The lowest BCUT2D eigenvalue weighted by Crippen LogP contribution is -2.43. The molecule has 0 aliphatic carbocycles. The van der Waals surface area contributed by atoms with Crippen LogP contribution in [0.5, 0.6) is 5.75 Å². The lowest BCUT2D eigenvalue weighted by Gasteiger charge is -2.38. The van der Waals surface area contributed by atoms with Crippen molar-refractivity contribution in [1.82, 2.24) is 4.57 Å². The van der Waals surface area contributed by atoms with Crippen LogP contribution in [0.2, 0.25) is 0 Å². The van der Waals surface area contributed by atoms with Crippen LogP contribution < -0.4 is 15.0 Å². The topological polar surface area (TPSA) is 46.5 Å². The lowest BCUT2D eigenvalue weighted by atomic mass is 10.0. The average molecular weight is 333 g/mol. The summed E-state index contributed by atoms with van der Waals surface area (Å²) < 4.78 is 7.26. The molecular weight excluding hydrogens is 314 g/mol. The van der Waals surface area contributed by atoms with Gasteiger partial charge in [0.05, 0.1) is 18.4 Å². The van der Waals surface area contributed by atoms with Gasteiger partial charge in [-0.15, -0.1) is 0 Å². The standard InChI is InChI=1S/C20H19N3O2/c1-22-13-5-8-18(22)19-21-17-7-4-3-6-16(17)20(24)23(19)14-9-11-15(25-2)12-10-14/h3-13,19,21H,1-2H3/t19-/m1/s1. The van der Waals surface area contributed by atoms with E-state index in [-0.39, 0.29) is 12.1 Å². The van der Waals surface area contributed by atoms with E-state index >= 15 is 0 Å². The highest BCUT2D eigenvalue weighted by Gasteiger charge is 2.34. The Morgan fingerprint density at radius 3 is 2.44 bits per heavy atom. The van der Waals surface area contributed by atoms with E-state index in [1.165, 1.54) is 0 Å². The minimum Gasteiger partial charge on any atom is -0.497 e. The van der Waals surface area contributed by atoms with Crippen LogP contribution in [0.15, 0.2) is 66.9 Å². The molecule has 0 saturated heterocycles. The highest BCUT2D eigenvalue weighted by atomic mass is 16.5. The predicted molar refractivity (Wildman–Crippen MR) is 98.0 cm³/mol. The van der Waals surface area contributed by atoms with E-state index in [0.717, 1.165) is 22.8 Å². The first-order chi connectivity index (χ1) is 12.2. The molecule has 1 aromatic heterocycles. The van der Waals surface area contributed by atoms with Crippen molar-refractivity contribution >= 4 is 17.3 Å². The number of rotatable bonds is 3. The minimum atomic E-state index is -0.282. The fraction of sp³-hybridized carbons (Fsp3) is 0.150. The Labute approximate surface area is 146 Å². The van der Waals surface area contributed by atoms with Crippen LogP contribution in [0.3, 0.4) is 0 Å². The molecule has 4 rings (SSSR count).